The summed E-state index contributed by atoms with van der Waals surface area (Å²) in [5, 5.41) is 2.96. The van der Waals surface area contributed by atoms with Crippen LogP contribution in [0.25, 0.3) is 0 Å². The van der Waals surface area contributed by atoms with Crippen LogP contribution in [0.15, 0.2) is 24.3 Å². The van der Waals surface area contributed by atoms with E-state index in [1.165, 1.54) is 11.1 Å². The highest BCUT2D eigenvalue weighted by molar-refractivity contribution is 5.85. The molecule has 0 aliphatic carbocycles. The molecule has 0 spiro atoms. The largest absolute Gasteiger partial charge is 0.354 e. The molecule has 1 aromatic carbocycles. The Labute approximate surface area is 128 Å². The Morgan fingerprint density at radius 3 is 2.60 bits per heavy atom. The third kappa shape index (κ3) is 5.51. The highest BCUT2D eigenvalue weighted by atomic mass is 35.5. The van der Waals surface area contributed by atoms with Gasteiger partial charge >= 0.3 is 0 Å². The van der Waals surface area contributed by atoms with E-state index in [-0.39, 0.29) is 23.7 Å². The minimum Gasteiger partial charge on any atom is -0.354 e. The van der Waals surface area contributed by atoms with E-state index in [1.807, 2.05) is 6.92 Å². The van der Waals surface area contributed by atoms with Gasteiger partial charge in [-0.25, -0.2) is 0 Å². The van der Waals surface area contributed by atoms with Crippen molar-refractivity contribution in [3.05, 3.63) is 35.4 Å². The monoisotopic (exact) mass is 298 g/mol. The summed E-state index contributed by atoms with van der Waals surface area (Å²) in [5.74, 6) is -0.0532. The van der Waals surface area contributed by atoms with Crippen molar-refractivity contribution < 1.29 is 4.79 Å². The standard InChI is InChI=1S/C16H26N2O.ClH/c1-5-7-14(17)15(19)18-11-16(3,4)13-9-6-8-12(2)10-13;/h6,8-10,14H,5,7,11,17H2,1-4H3,(H,18,19);1H. The normalized spacial score (nSPS) is 12.4. The van der Waals surface area contributed by atoms with E-state index in [1.54, 1.807) is 0 Å². The first kappa shape index (κ1) is 18.9. The number of amides is 1. The molecule has 0 aliphatic rings. The van der Waals surface area contributed by atoms with E-state index < -0.39 is 6.04 Å². The second-order valence-corrected chi connectivity index (χ2v) is 5.87. The molecule has 0 heterocycles. The van der Waals surface area contributed by atoms with Crippen LogP contribution in [-0.4, -0.2) is 18.5 Å². The van der Waals surface area contributed by atoms with Crippen LogP contribution in [0.4, 0.5) is 0 Å². The summed E-state index contributed by atoms with van der Waals surface area (Å²) >= 11 is 0. The minimum absolute atomic E-state index is 0. The SMILES string of the molecule is CCCC(N)C(=O)NCC(C)(C)c1cccc(C)c1.Cl. The zero-order valence-electron chi connectivity index (χ0n) is 12.9. The number of hydrogen-bond acceptors (Lipinski definition) is 2. The summed E-state index contributed by atoms with van der Waals surface area (Å²) < 4.78 is 0. The number of carbonyl (C=O) groups excluding carboxylic acids is 1. The predicted molar refractivity (Wildman–Crippen MR) is 87.3 cm³/mol. The Hall–Kier alpha value is -1.06. The van der Waals surface area contributed by atoms with Gasteiger partial charge in [0.05, 0.1) is 6.04 Å². The number of hydrogen-bond donors (Lipinski definition) is 2. The van der Waals surface area contributed by atoms with Crippen LogP contribution in [0.2, 0.25) is 0 Å². The lowest BCUT2D eigenvalue weighted by Gasteiger charge is -2.26. The van der Waals surface area contributed by atoms with Gasteiger partial charge in [0, 0.05) is 12.0 Å². The van der Waals surface area contributed by atoms with Crippen molar-refractivity contribution in [1.82, 2.24) is 5.32 Å². The van der Waals surface area contributed by atoms with Gasteiger partial charge in [0.15, 0.2) is 0 Å². The van der Waals surface area contributed by atoms with Crippen LogP contribution >= 0.6 is 12.4 Å². The van der Waals surface area contributed by atoms with Crippen LogP contribution in [0, 0.1) is 6.92 Å². The van der Waals surface area contributed by atoms with Crippen LogP contribution in [0.5, 0.6) is 0 Å². The molecule has 1 rings (SSSR count). The molecule has 0 aliphatic heterocycles. The average Bonchev–Trinajstić information content (AvgIpc) is 2.36. The molecule has 0 saturated carbocycles. The second-order valence-electron chi connectivity index (χ2n) is 5.87. The van der Waals surface area contributed by atoms with Gasteiger partial charge < -0.3 is 11.1 Å². The first-order chi connectivity index (χ1) is 8.86. The molecule has 4 heteroatoms. The summed E-state index contributed by atoms with van der Waals surface area (Å²) in [6.45, 7) is 8.98. The van der Waals surface area contributed by atoms with Gasteiger partial charge in [-0.3, -0.25) is 4.79 Å². The lowest BCUT2D eigenvalue weighted by Crippen LogP contribution is -2.45. The van der Waals surface area contributed by atoms with Crippen molar-refractivity contribution in [3.8, 4) is 0 Å². The quantitative estimate of drug-likeness (QED) is 0.848. The van der Waals surface area contributed by atoms with Crippen molar-refractivity contribution in [3.63, 3.8) is 0 Å². The number of nitrogens with one attached hydrogen (secondary N) is 1. The number of carbonyl (C=O) groups is 1. The lowest BCUT2D eigenvalue weighted by molar-refractivity contribution is -0.122. The van der Waals surface area contributed by atoms with E-state index in [4.69, 9.17) is 5.73 Å². The molecule has 0 fully saturated rings. The van der Waals surface area contributed by atoms with E-state index >= 15 is 0 Å². The van der Waals surface area contributed by atoms with E-state index in [9.17, 15) is 4.79 Å². The van der Waals surface area contributed by atoms with Crippen LogP contribution in [0.1, 0.15) is 44.7 Å². The Bertz CT molecular complexity index is 432. The fourth-order valence-corrected chi connectivity index (χ4v) is 2.05. The molecule has 20 heavy (non-hydrogen) atoms. The predicted octanol–water partition coefficient (Wildman–Crippen LogP) is 2.94. The van der Waals surface area contributed by atoms with Gasteiger partial charge in [0.2, 0.25) is 5.91 Å². The second kappa shape index (κ2) is 8.28. The van der Waals surface area contributed by atoms with Crippen molar-refractivity contribution in [2.75, 3.05) is 6.54 Å². The number of rotatable bonds is 6. The minimum atomic E-state index is -0.390. The zero-order valence-corrected chi connectivity index (χ0v) is 13.7. The maximum absolute atomic E-state index is 11.8. The van der Waals surface area contributed by atoms with E-state index in [2.05, 4.69) is 50.4 Å². The molecule has 0 saturated heterocycles. The first-order valence-electron chi connectivity index (χ1n) is 6.97. The van der Waals surface area contributed by atoms with Gasteiger partial charge in [-0.05, 0) is 18.9 Å². The number of benzene rings is 1. The van der Waals surface area contributed by atoms with Gasteiger partial charge in [-0.15, -0.1) is 12.4 Å². The van der Waals surface area contributed by atoms with Crippen molar-refractivity contribution in [2.45, 2.75) is 52.0 Å². The maximum Gasteiger partial charge on any atom is 0.236 e. The fraction of sp³-hybridized carbons (Fsp3) is 0.562. The van der Waals surface area contributed by atoms with Gasteiger partial charge in [0.1, 0.15) is 0 Å². The average molecular weight is 299 g/mol. The fourth-order valence-electron chi connectivity index (χ4n) is 2.05. The first-order valence-corrected chi connectivity index (χ1v) is 6.97. The molecule has 1 atom stereocenters. The van der Waals surface area contributed by atoms with Crippen molar-refractivity contribution in [2.24, 2.45) is 5.73 Å². The topological polar surface area (TPSA) is 55.1 Å². The Balaban J connectivity index is 0.00000361. The third-order valence-electron chi connectivity index (χ3n) is 3.44. The Kier molecular flexibility index (Phi) is 7.84. The maximum atomic E-state index is 11.8. The molecule has 3 N–H and O–H groups in total. The summed E-state index contributed by atoms with van der Waals surface area (Å²) in [5.41, 5.74) is 8.19. The smallest absolute Gasteiger partial charge is 0.236 e. The molecule has 1 unspecified atom stereocenters. The summed E-state index contributed by atoms with van der Waals surface area (Å²) in [7, 11) is 0. The molecule has 1 aromatic rings. The highest BCUT2D eigenvalue weighted by Crippen LogP contribution is 2.23. The van der Waals surface area contributed by atoms with E-state index in [0.29, 0.717) is 6.54 Å². The molecule has 0 radical (unpaired) electrons. The Morgan fingerprint density at radius 2 is 2.05 bits per heavy atom. The summed E-state index contributed by atoms with van der Waals surface area (Å²) in [4.78, 5) is 11.8. The van der Waals surface area contributed by atoms with Crippen LogP contribution < -0.4 is 11.1 Å². The van der Waals surface area contributed by atoms with E-state index in [0.717, 1.165) is 12.8 Å². The van der Waals surface area contributed by atoms with Crippen LogP contribution in [-0.2, 0) is 10.2 Å². The van der Waals surface area contributed by atoms with Crippen molar-refractivity contribution >= 4 is 18.3 Å². The zero-order chi connectivity index (χ0) is 14.5. The number of halogens is 1. The molecule has 0 bridgehead atoms. The molecule has 3 nitrogen and oxygen atoms in total. The molecule has 114 valence electrons. The van der Waals surface area contributed by atoms with Gasteiger partial charge in [-0.2, -0.15) is 0 Å². The molecular formula is C16H27ClN2O. The Morgan fingerprint density at radius 1 is 1.40 bits per heavy atom. The van der Waals surface area contributed by atoms with Gasteiger partial charge in [-0.1, -0.05) is 57.0 Å². The van der Waals surface area contributed by atoms with Gasteiger partial charge in [0.25, 0.3) is 0 Å². The summed E-state index contributed by atoms with van der Waals surface area (Å²) in [6.07, 6.45) is 1.66. The van der Waals surface area contributed by atoms with Crippen LogP contribution in [0.3, 0.4) is 0 Å². The number of nitrogens with two attached hydrogens (primary N) is 1. The molecular weight excluding hydrogens is 272 g/mol. The molecule has 1 amide bonds. The lowest BCUT2D eigenvalue weighted by atomic mass is 9.84. The molecule has 0 aromatic heterocycles. The van der Waals surface area contributed by atoms with Crippen molar-refractivity contribution in [1.29, 1.82) is 0 Å². The number of aryl methyl sites for hydroxylation is 1. The summed E-state index contributed by atoms with van der Waals surface area (Å²) in [6, 6.07) is 8.01. The third-order valence-corrected chi connectivity index (χ3v) is 3.44. The highest BCUT2D eigenvalue weighted by Gasteiger charge is 2.22.